The van der Waals surface area contributed by atoms with Gasteiger partial charge in [0.2, 0.25) is 0 Å². The summed E-state index contributed by atoms with van der Waals surface area (Å²) in [5, 5.41) is 4.19. The molecule has 0 unspecified atom stereocenters. The molecule has 0 spiro atoms. The molecule has 27 heavy (non-hydrogen) atoms. The third kappa shape index (κ3) is 3.02. The highest BCUT2D eigenvalue weighted by Crippen LogP contribution is 2.27. The monoisotopic (exact) mass is 377 g/mol. The topological polar surface area (TPSA) is 54.3 Å². The quantitative estimate of drug-likeness (QED) is 0.411. The minimum Gasteiger partial charge on any atom is -0.343 e. The Morgan fingerprint density at radius 2 is 1.81 bits per heavy atom. The van der Waals surface area contributed by atoms with Gasteiger partial charge in [-0.2, -0.15) is 0 Å². The van der Waals surface area contributed by atoms with Gasteiger partial charge in [0.1, 0.15) is 5.70 Å². The molecule has 1 saturated heterocycles. The first-order valence-corrected chi connectivity index (χ1v) is 8.78. The third-order valence-electron chi connectivity index (χ3n) is 4.41. The Morgan fingerprint density at radius 1 is 1.07 bits per heavy atom. The molecule has 3 amide bonds. The molecule has 2 aromatic carbocycles. The summed E-state index contributed by atoms with van der Waals surface area (Å²) in [6, 6.07) is 14.0. The molecule has 2 heterocycles. The van der Waals surface area contributed by atoms with Crippen molar-refractivity contribution in [3.63, 3.8) is 0 Å². The molecule has 1 aliphatic rings. The van der Waals surface area contributed by atoms with Crippen molar-refractivity contribution in [1.29, 1.82) is 0 Å². The van der Waals surface area contributed by atoms with Crippen molar-refractivity contribution < 1.29 is 9.59 Å². The molecule has 0 atom stereocenters. The number of amides is 3. The zero-order valence-corrected chi connectivity index (χ0v) is 15.1. The number of carbonyl (C=O) groups excluding carboxylic acids is 2. The largest absolute Gasteiger partial charge is 0.343 e. The summed E-state index contributed by atoms with van der Waals surface area (Å²) in [5.74, 6) is -0.400. The van der Waals surface area contributed by atoms with Crippen molar-refractivity contribution in [1.82, 2.24) is 9.88 Å². The van der Waals surface area contributed by atoms with Crippen molar-refractivity contribution in [2.24, 2.45) is 0 Å². The van der Waals surface area contributed by atoms with Crippen molar-refractivity contribution in [3.05, 3.63) is 83.7 Å². The fourth-order valence-corrected chi connectivity index (χ4v) is 3.32. The van der Waals surface area contributed by atoms with Gasteiger partial charge in [0.25, 0.3) is 5.91 Å². The lowest BCUT2D eigenvalue weighted by Crippen LogP contribution is -2.30. The molecule has 3 aromatic rings. The number of anilines is 1. The average molecular weight is 378 g/mol. The zero-order valence-electron chi connectivity index (χ0n) is 14.4. The van der Waals surface area contributed by atoms with Gasteiger partial charge in [-0.1, -0.05) is 35.9 Å². The number of nitrogens with one attached hydrogen (secondary N) is 1. The predicted molar refractivity (Wildman–Crippen MR) is 108 cm³/mol. The van der Waals surface area contributed by atoms with Gasteiger partial charge < -0.3 is 9.88 Å². The van der Waals surface area contributed by atoms with Crippen LogP contribution in [0.25, 0.3) is 17.0 Å². The Hall–Kier alpha value is -3.31. The molecule has 4 rings (SSSR count). The maximum Gasteiger partial charge on any atom is 0.333 e. The number of hydrogen-bond donors (Lipinski definition) is 1. The number of fused-ring (bicyclic) bond motifs is 1. The van der Waals surface area contributed by atoms with Crippen LogP contribution in [0, 0.1) is 0 Å². The van der Waals surface area contributed by atoms with E-state index in [4.69, 9.17) is 11.6 Å². The van der Waals surface area contributed by atoms with Crippen LogP contribution in [0.4, 0.5) is 10.5 Å². The van der Waals surface area contributed by atoms with Crippen molar-refractivity contribution in [2.75, 3.05) is 4.90 Å². The van der Waals surface area contributed by atoms with Crippen LogP contribution in [0.1, 0.15) is 5.56 Å². The second-order valence-electron chi connectivity index (χ2n) is 6.15. The lowest BCUT2D eigenvalue weighted by Gasteiger charge is -2.11. The molecule has 1 N–H and O–H groups in total. The number of allylic oxidation sites excluding steroid dienone is 1. The minimum absolute atomic E-state index is 0.233. The number of hydrogen-bond acceptors (Lipinski definition) is 2. The summed E-state index contributed by atoms with van der Waals surface area (Å²) in [6.45, 7) is 4.44. The number of imide groups is 1. The Labute approximate surface area is 161 Å². The van der Waals surface area contributed by atoms with E-state index in [1.165, 1.54) is 0 Å². The van der Waals surface area contributed by atoms with Crippen LogP contribution in [0.3, 0.4) is 0 Å². The fourth-order valence-electron chi connectivity index (χ4n) is 3.20. The highest BCUT2D eigenvalue weighted by Gasteiger charge is 2.35. The number of carbonyl (C=O) groups is 2. The number of urea groups is 1. The lowest BCUT2D eigenvalue weighted by molar-refractivity contribution is -0.113. The number of para-hydroxylation sites is 1. The van der Waals surface area contributed by atoms with Gasteiger partial charge in [0.05, 0.1) is 5.69 Å². The molecule has 1 aliphatic heterocycles. The summed E-state index contributed by atoms with van der Waals surface area (Å²) < 4.78 is 2.05. The molecule has 0 saturated carbocycles. The van der Waals surface area contributed by atoms with Gasteiger partial charge in [0, 0.05) is 34.2 Å². The molecular weight excluding hydrogens is 362 g/mol. The average Bonchev–Trinajstić information content (AvgIpc) is 3.14. The third-order valence-corrected chi connectivity index (χ3v) is 4.66. The molecule has 5 nitrogen and oxygen atoms in total. The first kappa shape index (κ1) is 17.1. The highest BCUT2D eigenvalue weighted by molar-refractivity contribution is 6.31. The van der Waals surface area contributed by atoms with Gasteiger partial charge in [-0.3, -0.25) is 4.79 Å². The van der Waals surface area contributed by atoms with Gasteiger partial charge >= 0.3 is 6.03 Å². The van der Waals surface area contributed by atoms with Crippen LogP contribution >= 0.6 is 11.6 Å². The molecule has 0 bridgehead atoms. The number of nitrogens with zero attached hydrogens (tertiary/aromatic N) is 2. The smallest absolute Gasteiger partial charge is 0.333 e. The zero-order chi connectivity index (χ0) is 19.0. The molecule has 1 fully saturated rings. The molecule has 134 valence electrons. The first-order valence-electron chi connectivity index (χ1n) is 8.40. The van der Waals surface area contributed by atoms with Crippen LogP contribution in [-0.2, 0) is 11.3 Å². The van der Waals surface area contributed by atoms with Crippen LogP contribution in [0.2, 0.25) is 5.02 Å². The summed E-state index contributed by atoms with van der Waals surface area (Å²) in [5.41, 5.74) is 2.60. The molecular formula is C21H16ClN3O2. The second kappa shape index (κ2) is 6.78. The van der Waals surface area contributed by atoms with Crippen LogP contribution < -0.4 is 10.2 Å². The van der Waals surface area contributed by atoms with E-state index in [1.54, 1.807) is 30.3 Å². The number of aromatic nitrogens is 1. The summed E-state index contributed by atoms with van der Waals surface area (Å²) in [4.78, 5) is 26.2. The van der Waals surface area contributed by atoms with Crippen LogP contribution in [-0.4, -0.2) is 16.5 Å². The number of rotatable bonds is 4. The van der Waals surface area contributed by atoms with Crippen LogP contribution in [0.5, 0.6) is 0 Å². The Kier molecular flexibility index (Phi) is 4.30. The van der Waals surface area contributed by atoms with Crippen LogP contribution in [0.15, 0.2) is 73.1 Å². The van der Waals surface area contributed by atoms with E-state index >= 15 is 0 Å². The van der Waals surface area contributed by atoms with Gasteiger partial charge in [0.15, 0.2) is 0 Å². The van der Waals surface area contributed by atoms with E-state index in [0.717, 1.165) is 21.4 Å². The van der Waals surface area contributed by atoms with E-state index in [-0.39, 0.29) is 5.70 Å². The maximum absolute atomic E-state index is 12.8. The second-order valence-corrected chi connectivity index (χ2v) is 6.58. The van der Waals surface area contributed by atoms with E-state index in [9.17, 15) is 9.59 Å². The summed E-state index contributed by atoms with van der Waals surface area (Å²) in [7, 11) is 0. The number of halogens is 1. The van der Waals surface area contributed by atoms with Crippen molar-refractivity contribution in [3.8, 4) is 0 Å². The van der Waals surface area contributed by atoms with Gasteiger partial charge in [-0.15, -0.1) is 6.58 Å². The van der Waals surface area contributed by atoms with E-state index in [1.807, 2.05) is 41.1 Å². The van der Waals surface area contributed by atoms with Gasteiger partial charge in [-0.25, -0.2) is 9.69 Å². The molecule has 6 heteroatoms. The van der Waals surface area contributed by atoms with E-state index < -0.39 is 11.9 Å². The molecule has 1 aromatic heterocycles. The Bertz CT molecular complexity index is 1100. The molecule has 0 radical (unpaired) electrons. The molecule has 0 aliphatic carbocycles. The predicted octanol–water partition coefficient (Wildman–Crippen LogP) is 4.58. The number of benzene rings is 2. The maximum atomic E-state index is 12.8. The highest BCUT2D eigenvalue weighted by atomic mass is 35.5. The van der Waals surface area contributed by atoms with Gasteiger partial charge in [-0.05, 0) is 36.4 Å². The SMILES string of the molecule is C=CCn1cc(/C=C2/NC(=O)N(c3ccc(Cl)cc3)C2=O)c2ccccc21. The minimum atomic E-state index is -0.483. The van der Waals surface area contributed by atoms with E-state index in [0.29, 0.717) is 17.3 Å². The first-order chi connectivity index (χ1) is 13.1. The fraction of sp³-hybridized carbons (Fsp3) is 0.0476. The van der Waals surface area contributed by atoms with Crippen molar-refractivity contribution in [2.45, 2.75) is 6.54 Å². The summed E-state index contributed by atoms with van der Waals surface area (Å²) >= 11 is 5.89. The van der Waals surface area contributed by atoms with Crippen molar-refractivity contribution >= 4 is 46.2 Å². The normalized spacial score (nSPS) is 15.6. The Balaban J connectivity index is 1.74. The summed E-state index contributed by atoms with van der Waals surface area (Å²) in [6.07, 6.45) is 5.47. The lowest BCUT2D eigenvalue weighted by atomic mass is 10.1. The standard InChI is InChI=1S/C21H16ClN3O2/c1-2-11-24-13-14(17-5-3-4-6-19(17)24)12-18-20(26)25(21(27)23-18)16-9-7-15(22)8-10-16/h2-10,12-13H,1,11H2,(H,23,27)/b18-12+. The van der Waals surface area contributed by atoms with E-state index in [2.05, 4.69) is 11.9 Å². The Morgan fingerprint density at radius 3 is 2.56 bits per heavy atom.